The maximum atomic E-state index is 11.3. The molecule has 0 amide bonds. The molecule has 0 unspecified atom stereocenters. The van der Waals surface area contributed by atoms with Crippen molar-refractivity contribution in [2.24, 2.45) is 7.05 Å². The largest absolute Gasteiger partial charge is 0.478 e. The van der Waals surface area contributed by atoms with Gasteiger partial charge in [-0.2, -0.15) is 0 Å². The number of carboxylic acids is 1. The van der Waals surface area contributed by atoms with Crippen LogP contribution in [0.15, 0.2) is 18.3 Å². The van der Waals surface area contributed by atoms with Gasteiger partial charge in [-0.25, -0.2) is 4.79 Å². The second-order valence-electron chi connectivity index (χ2n) is 4.15. The molecular formula is C12H14N2O2. The van der Waals surface area contributed by atoms with Gasteiger partial charge in [0.05, 0.1) is 5.52 Å². The van der Waals surface area contributed by atoms with E-state index in [-0.39, 0.29) is 5.92 Å². The maximum Gasteiger partial charge on any atom is 0.339 e. The number of nitrogens with zero attached hydrogens (tertiary/aromatic N) is 2. The van der Waals surface area contributed by atoms with Crippen molar-refractivity contribution in [3.63, 3.8) is 0 Å². The molecule has 2 rings (SSSR count). The molecule has 0 aliphatic carbocycles. The zero-order valence-electron chi connectivity index (χ0n) is 9.56. The average molecular weight is 218 g/mol. The predicted octanol–water partition coefficient (Wildman–Crippen LogP) is 2.39. The number of aromatic nitrogens is 2. The summed E-state index contributed by atoms with van der Waals surface area (Å²) in [6.07, 6.45) is 1.62. The summed E-state index contributed by atoms with van der Waals surface area (Å²) in [6, 6.07) is 3.71. The first kappa shape index (κ1) is 10.7. The standard InChI is InChI=1S/C12H14N2O2/c1-7(2)11-9(12(15)16)10-8(14(11)3)5-4-6-13-10/h4-7H,1-3H3,(H,15,16). The topological polar surface area (TPSA) is 55.1 Å². The van der Waals surface area contributed by atoms with Gasteiger partial charge in [0.1, 0.15) is 11.1 Å². The third kappa shape index (κ3) is 1.38. The Bertz CT molecular complexity index is 555. The van der Waals surface area contributed by atoms with Crippen LogP contribution >= 0.6 is 0 Å². The van der Waals surface area contributed by atoms with E-state index in [2.05, 4.69) is 4.98 Å². The first-order valence-corrected chi connectivity index (χ1v) is 5.20. The van der Waals surface area contributed by atoms with Gasteiger partial charge in [0.25, 0.3) is 0 Å². The summed E-state index contributed by atoms with van der Waals surface area (Å²) in [5, 5.41) is 9.27. The van der Waals surface area contributed by atoms with Gasteiger partial charge in [-0.3, -0.25) is 4.98 Å². The number of fused-ring (bicyclic) bond motifs is 1. The van der Waals surface area contributed by atoms with Crippen LogP contribution < -0.4 is 0 Å². The smallest absolute Gasteiger partial charge is 0.339 e. The van der Waals surface area contributed by atoms with E-state index in [1.54, 1.807) is 6.20 Å². The lowest BCUT2D eigenvalue weighted by Crippen LogP contribution is -2.06. The van der Waals surface area contributed by atoms with Crippen LogP contribution in [0.4, 0.5) is 0 Å². The Hall–Kier alpha value is -1.84. The van der Waals surface area contributed by atoms with Crippen molar-refractivity contribution >= 4 is 17.0 Å². The number of pyridine rings is 1. The molecule has 0 aliphatic heterocycles. The van der Waals surface area contributed by atoms with Crippen molar-refractivity contribution in [3.8, 4) is 0 Å². The molecule has 2 aromatic rings. The molecule has 2 aromatic heterocycles. The molecule has 4 nitrogen and oxygen atoms in total. The number of carbonyl (C=O) groups is 1. The summed E-state index contributed by atoms with van der Waals surface area (Å²) in [7, 11) is 1.88. The van der Waals surface area contributed by atoms with E-state index in [4.69, 9.17) is 0 Å². The quantitative estimate of drug-likeness (QED) is 0.842. The fourth-order valence-corrected chi connectivity index (χ4v) is 2.17. The summed E-state index contributed by atoms with van der Waals surface area (Å²) >= 11 is 0. The molecule has 0 aromatic carbocycles. The fourth-order valence-electron chi connectivity index (χ4n) is 2.17. The Balaban J connectivity index is 2.92. The van der Waals surface area contributed by atoms with E-state index in [1.165, 1.54) is 0 Å². The number of rotatable bonds is 2. The van der Waals surface area contributed by atoms with Gasteiger partial charge in [-0.05, 0) is 18.1 Å². The molecule has 1 N–H and O–H groups in total. The van der Waals surface area contributed by atoms with E-state index < -0.39 is 5.97 Å². The first-order valence-electron chi connectivity index (χ1n) is 5.20. The second kappa shape index (κ2) is 3.63. The van der Waals surface area contributed by atoms with Gasteiger partial charge in [0.15, 0.2) is 0 Å². The highest BCUT2D eigenvalue weighted by Crippen LogP contribution is 2.28. The number of aromatic carboxylic acids is 1. The molecule has 0 aliphatic rings. The van der Waals surface area contributed by atoms with Crippen LogP contribution in [0, 0.1) is 0 Å². The normalized spacial score (nSPS) is 11.2. The first-order chi connectivity index (χ1) is 7.54. The third-order valence-corrected chi connectivity index (χ3v) is 2.76. The van der Waals surface area contributed by atoms with E-state index in [0.29, 0.717) is 11.1 Å². The highest BCUT2D eigenvalue weighted by molar-refractivity contribution is 6.03. The summed E-state index contributed by atoms with van der Waals surface area (Å²) in [5.41, 5.74) is 2.58. The molecule has 0 radical (unpaired) electrons. The van der Waals surface area contributed by atoms with Gasteiger partial charge in [-0.15, -0.1) is 0 Å². The minimum absolute atomic E-state index is 0.158. The lowest BCUT2D eigenvalue weighted by Gasteiger charge is -2.08. The Morgan fingerprint density at radius 1 is 1.50 bits per heavy atom. The van der Waals surface area contributed by atoms with Gasteiger partial charge in [-0.1, -0.05) is 13.8 Å². The summed E-state index contributed by atoms with van der Waals surface area (Å²) in [6.45, 7) is 3.97. The fraction of sp³-hybridized carbons (Fsp3) is 0.333. The number of hydrogen-bond acceptors (Lipinski definition) is 2. The summed E-state index contributed by atoms with van der Waals surface area (Å²) in [5.74, 6) is -0.752. The van der Waals surface area contributed by atoms with E-state index >= 15 is 0 Å². The number of carboxylic acid groups (broad SMARTS) is 1. The molecule has 84 valence electrons. The molecule has 0 spiro atoms. The Kier molecular flexibility index (Phi) is 2.42. The molecule has 16 heavy (non-hydrogen) atoms. The monoisotopic (exact) mass is 218 g/mol. The van der Waals surface area contributed by atoms with Crippen LogP contribution in [0.5, 0.6) is 0 Å². The van der Waals surface area contributed by atoms with Crippen LogP contribution in [-0.4, -0.2) is 20.6 Å². The maximum absolute atomic E-state index is 11.3. The van der Waals surface area contributed by atoms with E-state index in [0.717, 1.165) is 11.2 Å². The zero-order valence-corrected chi connectivity index (χ0v) is 9.56. The number of hydrogen-bond donors (Lipinski definition) is 1. The zero-order chi connectivity index (χ0) is 11.9. The van der Waals surface area contributed by atoms with Gasteiger partial charge >= 0.3 is 5.97 Å². The lowest BCUT2D eigenvalue weighted by molar-refractivity contribution is 0.0697. The van der Waals surface area contributed by atoms with Crippen LogP contribution in [0.3, 0.4) is 0 Å². The molecule has 0 saturated heterocycles. The number of aryl methyl sites for hydroxylation is 1. The molecule has 0 atom stereocenters. The Morgan fingerprint density at radius 2 is 2.19 bits per heavy atom. The van der Waals surface area contributed by atoms with Crippen LogP contribution in [0.1, 0.15) is 35.8 Å². The molecule has 0 saturated carbocycles. The van der Waals surface area contributed by atoms with Crippen molar-refractivity contribution in [3.05, 3.63) is 29.6 Å². The molecule has 2 heterocycles. The minimum atomic E-state index is -0.909. The van der Waals surface area contributed by atoms with Gasteiger partial charge in [0, 0.05) is 18.9 Å². The summed E-state index contributed by atoms with van der Waals surface area (Å²) in [4.78, 5) is 15.5. The van der Waals surface area contributed by atoms with Crippen LogP contribution in [0.25, 0.3) is 11.0 Å². The SMILES string of the molecule is CC(C)c1c(C(=O)O)c2ncccc2n1C. The van der Waals surface area contributed by atoms with E-state index in [1.807, 2.05) is 37.6 Å². The lowest BCUT2D eigenvalue weighted by atomic mass is 10.1. The van der Waals surface area contributed by atoms with Crippen molar-refractivity contribution in [2.45, 2.75) is 19.8 Å². The molecular weight excluding hydrogens is 204 g/mol. The van der Waals surface area contributed by atoms with Crippen molar-refractivity contribution < 1.29 is 9.90 Å². The van der Waals surface area contributed by atoms with E-state index in [9.17, 15) is 9.90 Å². The average Bonchev–Trinajstić information content (AvgIpc) is 2.53. The highest BCUT2D eigenvalue weighted by Gasteiger charge is 2.22. The Labute approximate surface area is 93.5 Å². The third-order valence-electron chi connectivity index (χ3n) is 2.76. The molecule has 0 fully saturated rings. The summed E-state index contributed by atoms with van der Waals surface area (Å²) < 4.78 is 1.91. The second-order valence-corrected chi connectivity index (χ2v) is 4.15. The van der Waals surface area contributed by atoms with Crippen LogP contribution in [0.2, 0.25) is 0 Å². The van der Waals surface area contributed by atoms with Crippen LogP contribution in [-0.2, 0) is 7.05 Å². The Morgan fingerprint density at radius 3 is 2.75 bits per heavy atom. The van der Waals surface area contributed by atoms with Crippen molar-refractivity contribution in [2.75, 3.05) is 0 Å². The van der Waals surface area contributed by atoms with Gasteiger partial charge in [0.2, 0.25) is 0 Å². The van der Waals surface area contributed by atoms with Gasteiger partial charge < -0.3 is 9.67 Å². The predicted molar refractivity (Wildman–Crippen MR) is 61.8 cm³/mol. The van der Waals surface area contributed by atoms with Crippen molar-refractivity contribution in [1.82, 2.24) is 9.55 Å². The van der Waals surface area contributed by atoms with Crippen molar-refractivity contribution in [1.29, 1.82) is 0 Å². The molecule has 4 heteroatoms. The molecule has 0 bridgehead atoms. The highest BCUT2D eigenvalue weighted by atomic mass is 16.4. The minimum Gasteiger partial charge on any atom is -0.478 e.